The van der Waals surface area contributed by atoms with Crippen LogP contribution in [-0.2, 0) is 4.74 Å². The summed E-state index contributed by atoms with van der Waals surface area (Å²) in [4.78, 5) is 28.8. The number of pyridine rings is 1. The van der Waals surface area contributed by atoms with E-state index in [9.17, 15) is 9.59 Å². The monoisotopic (exact) mass is 364 g/mol. The number of rotatable bonds is 6. The standard InChI is InChI=1S/C21H20N2O4/c1-4-27-21(25)16-12-22-20-15(9-7-11-18(20)26-3)19(16)23-17-10-6-5-8-14(17)13(2)24/h5-12H,4H2,1-3H3,(H,22,23). The van der Waals surface area contributed by atoms with Crippen LogP contribution in [0.25, 0.3) is 10.9 Å². The number of nitrogens with one attached hydrogen (secondary N) is 1. The second-order valence-electron chi connectivity index (χ2n) is 5.85. The van der Waals surface area contributed by atoms with Gasteiger partial charge in [0.2, 0.25) is 0 Å². The van der Waals surface area contributed by atoms with E-state index >= 15 is 0 Å². The lowest BCUT2D eigenvalue weighted by Gasteiger charge is -2.16. The average molecular weight is 364 g/mol. The second kappa shape index (κ2) is 7.86. The van der Waals surface area contributed by atoms with E-state index in [0.29, 0.717) is 33.6 Å². The first-order chi connectivity index (χ1) is 13.1. The molecule has 0 unspecified atom stereocenters. The number of Topliss-reactive ketones (excluding diaryl/α,β-unsaturated/α-hetero) is 1. The molecule has 6 nitrogen and oxygen atoms in total. The van der Waals surface area contributed by atoms with Gasteiger partial charge in [0.25, 0.3) is 0 Å². The number of ketones is 1. The minimum atomic E-state index is -0.488. The van der Waals surface area contributed by atoms with Crippen molar-refractivity contribution in [3.8, 4) is 5.75 Å². The third kappa shape index (κ3) is 3.60. The highest BCUT2D eigenvalue weighted by molar-refractivity contribution is 6.08. The minimum Gasteiger partial charge on any atom is -0.494 e. The van der Waals surface area contributed by atoms with E-state index in [2.05, 4.69) is 10.3 Å². The van der Waals surface area contributed by atoms with Gasteiger partial charge >= 0.3 is 5.97 Å². The Morgan fingerprint density at radius 2 is 1.85 bits per heavy atom. The number of nitrogens with zero attached hydrogens (tertiary/aromatic N) is 1. The summed E-state index contributed by atoms with van der Waals surface area (Å²) in [6.07, 6.45) is 1.46. The van der Waals surface area contributed by atoms with Crippen molar-refractivity contribution in [3.05, 3.63) is 59.8 Å². The normalized spacial score (nSPS) is 10.5. The van der Waals surface area contributed by atoms with Gasteiger partial charge in [0.15, 0.2) is 5.78 Å². The Labute approximate surface area is 157 Å². The lowest BCUT2D eigenvalue weighted by Crippen LogP contribution is -2.10. The van der Waals surface area contributed by atoms with Crippen LogP contribution in [0, 0.1) is 0 Å². The Bertz CT molecular complexity index is 1010. The molecule has 0 saturated heterocycles. The maximum Gasteiger partial charge on any atom is 0.341 e. The number of esters is 1. The number of fused-ring (bicyclic) bond motifs is 1. The Hall–Kier alpha value is -3.41. The summed E-state index contributed by atoms with van der Waals surface area (Å²) in [6.45, 7) is 3.49. The molecule has 138 valence electrons. The number of hydrogen-bond acceptors (Lipinski definition) is 6. The average Bonchev–Trinajstić information content (AvgIpc) is 2.68. The van der Waals surface area contributed by atoms with Crippen molar-refractivity contribution < 1.29 is 19.1 Å². The third-order valence-corrected chi connectivity index (χ3v) is 4.14. The zero-order chi connectivity index (χ0) is 19.4. The highest BCUT2D eigenvalue weighted by atomic mass is 16.5. The molecule has 0 saturated carbocycles. The molecule has 3 aromatic rings. The van der Waals surface area contributed by atoms with E-state index in [1.165, 1.54) is 13.1 Å². The Balaban J connectivity index is 2.23. The first kappa shape index (κ1) is 18.4. The maximum absolute atomic E-state index is 12.5. The molecular formula is C21H20N2O4. The molecule has 1 N–H and O–H groups in total. The number of anilines is 2. The second-order valence-corrected chi connectivity index (χ2v) is 5.85. The molecular weight excluding hydrogens is 344 g/mol. The number of carbonyl (C=O) groups is 2. The van der Waals surface area contributed by atoms with Crippen LogP contribution in [0.2, 0.25) is 0 Å². The van der Waals surface area contributed by atoms with E-state index in [4.69, 9.17) is 9.47 Å². The SMILES string of the molecule is CCOC(=O)c1cnc2c(OC)cccc2c1Nc1ccccc1C(C)=O. The summed E-state index contributed by atoms with van der Waals surface area (Å²) in [6, 6.07) is 12.6. The van der Waals surface area contributed by atoms with Crippen molar-refractivity contribution in [1.29, 1.82) is 0 Å². The molecule has 0 aliphatic rings. The molecule has 0 bridgehead atoms. The molecule has 3 rings (SSSR count). The molecule has 1 aromatic heterocycles. The predicted molar refractivity (Wildman–Crippen MR) is 104 cm³/mol. The summed E-state index contributed by atoms with van der Waals surface area (Å²) < 4.78 is 10.6. The van der Waals surface area contributed by atoms with Gasteiger partial charge in [-0.25, -0.2) is 4.79 Å². The van der Waals surface area contributed by atoms with Crippen molar-refractivity contribution in [3.63, 3.8) is 0 Å². The fourth-order valence-corrected chi connectivity index (χ4v) is 2.89. The van der Waals surface area contributed by atoms with E-state index < -0.39 is 5.97 Å². The lowest BCUT2D eigenvalue weighted by atomic mass is 10.1. The van der Waals surface area contributed by atoms with Gasteiger partial charge in [0, 0.05) is 22.8 Å². The molecule has 0 aliphatic carbocycles. The van der Waals surface area contributed by atoms with Crippen LogP contribution < -0.4 is 10.1 Å². The van der Waals surface area contributed by atoms with Crippen molar-refractivity contribution >= 4 is 34.0 Å². The molecule has 27 heavy (non-hydrogen) atoms. The summed E-state index contributed by atoms with van der Waals surface area (Å²) in [5.74, 6) is 0.0232. The molecule has 1 heterocycles. The third-order valence-electron chi connectivity index (χ3n) is 4.14. The van der Waals surface area contributed by atoms with Gasteiger partial charge in [-0.2, -0.15) is 0 Å². The van der Waals surface area contributed by atoms with Gasteiger partial charge in [-0.15, -0.1) is 0 Å². The summed E-state index contributed by atoms with van der Waals surface area (Å²) in [5.41, 5.74) is 2.55. The Morgan fingerprint density at radius 3 is 2.56 bits per heavy atom. The molecule has 6 heteroatoms. The number of hydrogen-bond donors (Lipinski definition) is 1. The molecule has 0 atom stereocenters. The van der Waals surface area contributed by atoms with E-state index in [-0.39, 0.29) is 18.0 Å². The minimum absolute atomic E-state index is 0.0771. The van der Waals surface area contributed by atoms with E-state index in [1.807, 2.05) is 18.2 Å². The topological polar surface area (TPSA) is 77.5 Å². The van der Waals surface area contributed by atoms with Crippen LogP contribution in [0.5, 0.6) is 5.75 Å². The van der Waals surface area contributed by atoms with Gasteiger partial charge in [-0.05, 0) is 32.0 Å². The number of carbonyl (C=O) groups excluding carboxylic acids is 2. The number of ether oxygens (including phenoxy) is 2. The summed E-state index contributed by atoms with van der Waals surface area (Å²) in [7, 11) is 1.56. The van der Waals surface area contributed by atoms with Crippen LogP contribution >= 0.6 is 0 Å². The van der Waals surface area contributed by atoms with Crippen molar-refractivity contribution in [2.24, 2.45) is 0 Å². The first-order valence-corrected chi connectivity index (χ1v) is 8.56. The molecule has 2 aromatic carbocycles. The number of aromatic nitrogens is 1. The zero-order valence-electron chi connectivity index (χ0n) is 15.4. The highest BCUT2D eigenvalue weighted by Gasteiger charge is 2.19. The summed E-state index contributed by atoms with van der Waals surface area (Å²) >= 11 is 0. The van der Waals surface area contributed by atoms with Crippen LogP contribution in [0.1, 0.15) is 34.6 Å². The fourth-order valence-electron chi connectivity index (χ4n) is 2.89. The Morgan fingerprint density at radius 1 is 1.07 bits per heavy atom. The predicted octanol–water partition coefficient (Wildman–Crippen LogP) is 4.37. The fraction of sp³-hybridized carbons (Fsp3) is 0.190. The van der Waals surface area contributed by atoms with Crippen LogP contribution in [-0.4, -0.2) is 30.5 Å². The zero-order valence-corrected chi connectivity index (χ0v) is 15.4. The number of benzene rings is 2. The largest absolute Gasteiger partial charge is 0.494 e. The highest BCUT2D eigenvalue weighted by Crippen LogP contribution is 2.34. The maximum atomic E-state index is 12.5. The first-order valence-electron chi connectivity index (χ1n) is 8.56. The lowest BCUT2D eigenvalue weighted by molar-refractivity contribution is 0.0527. The number of methoxy groups -OCH3 is 1. The van der Waals surface area contributed by atoms with Gasteiger partial charge in [-0.1, -0.05) is 24.3 Å². The molecule has 0 radical (unpaired) electrons. The smallest absolute Gasteiger partial charge is 0.341 e. The summed E-state index contributed by atoms with van der Waals surface area (Å²) in [5, 5.41) is 3.93. The van der Waals surface area contributed by atoms with Crippen molar-refractivity contribution in [2.75, 3.05) is 19.0 Å². The van der Waals surface area contributed by atoms with E-state index in [1.54, 1.807) is 38.3 Å². The van der Waals surface area contributed by atoms with Gasteiger partial charge < -0.3 is 14.8 Å². The van der Waals surface area contributed by atoms with Crippen LogP contribution in [0.3, 0.4) is 0 Å². The van der Waals surface area contributed by atoms with Gasteiger partial charge in [-0.3, -0.25) is 9.78 Å². The van der Waals surface area contributed by atoms with Crippen LogP contribution in [0.4, 0.5) is 11.4 Å². The molecule has 0 fully saturated rings. The van der Waals surface area contributed by atoms with Crippen molar-refractivity contribution in [2.45, 2.75) is 13.8 Å². The quantitative estimate of drug-likeness (QED) is 0.517. The van der Waals surface area contributed by atoms with E-state index in [0.717, 1.165) is 0 Å². The molecule has 0 spiro atoms. The molecule has 0 amide bonds. The number of para-hydroxylation sites is 2. The molecule has 0 aliphatic heterocycles. The van der Waals surface area contributed by atoms with Gasteiger partial charge in [0.05, 0.1) is 19.4 Å². The van der Waals surface area contributed by atoms with Crippen molar-refractivity contribution in [1.82, 2.24) is 4.98 Å². The van der Waals surface area contributed by atoms with Crippen LogP contribution in [0.15, 0.2) is 48.7 Å². The van der Waals surface area contributed by atoms with Gasteiger partial charge in [0.1, 0.15) is 16.8 Å². The Kier molecular flexibility index (Phi) is 5.35.